The van der Waals surface area contributed by atoms with Crippen molar-refractivity contribution in [3.05, 3.63) is 87.9 Å². The van der Waals surface area contributed by atoms with Gasteiger partial charge in [0, 0.05) is 15.5 Å². The van der Waals surface area contributed by atoms with Crippen LogP contribution in [0, 0.1) is 4.77 Å². The van der Waals surface area contributed by atoms with E-state index in [2.05, 4.69) is 42.8 Å². The zero-order valence-corrected chi connectivity index (χ0v) is 18.6. The monoisotopic (exact) mass is 486 g/mol. The number of fused-ring (bicyclic) bond motifs is 4. The molecule has 3 heterocycles. The fourth-order valence-electron chi connectivity index (χ4n) is 3.99. The number of nitrogens with one attached hydrogen (secondary N) is 1. The molecule has 0 aliphatic carbocycles. The molecule has 3 aromatic carbocycles. The summed E-state index contributed by atoms with van der Waals surface area (Å²) in [6.45, 7) is 0.497. The SMILES string of the molecule is S=c1[nH]nc(Cn2c3ccc(Br)cc3c3nc4ccccc4nc32)n1-c1ccccc1. The van der Waals surface area contributed by atoms with Gasteiger partial charge in [-0.1, -0.05) is 46.3 Å². The van der Waals surface area contributed by atoms with Gasteiger partial charge in [-0.25, -0.2) is 9.97 Å². The Bertz CT molecular complexity index is 1650. The maximum Gasteiger partial charge on any atom is 0.199 e. The first-order chi connectivity index (χ1) is 15.2. The summed E-state index contributed by atoms with van der Waals surface area (Å²) in [6, 6.07) is 24.1. The van der Waals surface area contributed by atoms with Crippen molar-refractivity contribution in [1.29, 1.82) is 0 Å². The first kappa shape index (κ1) is 18.4. The Balaban J connectivity index is 1.63. The second-order valence-corrected chi connectivity index (χ2v) is 8.55. The Labute approximate surface area is 190 Å². The van der Waals surface area contributed by atoms with Crippen molar-refractivity contribution >= 4 is 61.2 Å². The van der Waals surface area contributed by atoms with Gasteiger partial charge in [0.2, 0.25) is 0 Å². The lowest BCUT2D eigenvalue weighted by Gasteiger charge is -2.09. The van der Waals surface area contributed by atoms with Gasteiger partial charge in [-0.2, -0.15) is 5.10 Å². The molecule has 6 rings (SSSR count). The minimum atomic E-state index is 0.497. The smallest absolute Gasteiger partial charge is 0.199 e. The Kier molecular flexibility index (Phi) is 4.22. The van der Waals surface area contributed by atoms with E-state index in [1.807, 2.05) is 65.2 Å². The summed E-state index contributed by atoms with van der Waals surface area (Å²) in [5.74, 6) is 0.799. The van der Waals surface area contributed by atoms with E-state index in [1.54, 1.807) is 0 Å². The van der Waals surface area contributed by atoms with E-state index in [9.17, 15) is 0 Å². The molecule has 0 aliphatic rings. The molecule has 0 saturated heterocycles. The number of hydrogen-bond acceptors (Lipinski definition) is 4. The van der Waals surface area contributed by atoms with Crippen LogP contribution in [0.15, 0.2) is 77.3 Å². The summed E-state index contributed by atoms with van der Waals surface area (Å²) in [4.78, 5) is 9.90. The summed E-state index contributed by atoms with van der Waals surface area (Å²) >= 11 is 9.12. The maximum absolute atomic E-state index is 5.52. The summed E-state index contributed by atoms with van der Waals surface area (Å²) in [5.41, 5.74) is 5.44. The average molecular weight is 487 g/mol. The van der Waals surface area contributed by atoms with Crippen LogP contribution in [0.25, 0.3) is 38.8 Å². The van der Waals surface area contributed by atoms with Gasteiger partial charge in [-0.15, -0.1) is 0 Å². The van der Waals surface area contributed by atoms with Crippen LogP contribution in [0.3, 0.4) is 0 Å². The molecule has 0 unspecified atom stereocenters. The van der Waals surface area contributed by atoms with Crippen molar-refractivity contribution in [2.24, 2.45) is 0 Å². The molecular weight excluding hydrogens is 472 g/mol. The number of rotatable bonds is 3. The van der Waals surface area contributed by atoms with Gasteiger partial charge in [0.1, 0.15) is 5.52 Å². The number of nitrogens with zero attached hydrogens (tertiary/aromatic N) is 5. The maximum atomic E-state index is 5.52. The first-order valence-electron chi connectivity index (χ1n) is 9.75. The molecule has 0 bridgehead atoms. The average Bonchev–Trinajstić information content (AvgIpc) is 3.30. The molecule has 3 aromatic heterocycles. The molecule has 0 saturated carbocycles. The number of halogens is 1. The normalized spacial score (nSPS) is 11.6. The summed E-state index contributed by atoms with van der Waals surface area (Å²) < 4.78 is 5.67. The Morgan fingerprint density at radius 3 is 2.45 bits per heavy atom. The van der Waals surface area contributed by atoms with Crippen LogP contribution < -0.4 is 0 Å². The van der Waals surface area contributed by atoms with Crippen LogP contribution in [-0.2, 0) is 6.54 Å². The fourth-order valence-corrected chi connectivity index (χ4v) is 4.60. The fraction of sp³-hybridized carbons (Fsp3) is 0.0435. The second-order valence-electron chi connectivity index (χ2n) is 7.25. The van der Waals surface area contributed by atoms with Gasteiger partial charge >= 0.3 is 0 Å². The van der Waals surface area contributed by atoms with Crippen LogP contribution in [0.2, 0.25) is 0 Å². The van der Waals surface area contributed by atoms with Crippen molar-refractivity contribution in [3.63, 3.8) is 0 Å². The molecule has 0 amide bonds. The highest BCUT2D eigenvalue weighted by molar-refractivity contribution is 9.10. The second kappa shape index (κ2) is 7.11. The van der Waals surface area contributed by atoms with E-state index in [0.717, 1.165) is 49.1 Å². The summed E-state index contributed by atoms with van der Waals surface area (Å²) in [6.07, 6.45) is 0. The van der Waals surface area contributed by atoms with Gasteiger partial charge in [0.15, 0.2) is 16.2 Å². The molecule has 31 heavy (non-hydrogen) atoms. The summed E-state index contributed by atoms with van der Waals surface area (Å²) in [5, 5.41) is 8.51. The van der Waals surface area contributed by atoms with Crippen LogP contribution in [-0.4, -0.2) is 29.3 Å². The van der Waals surface area contributed by atoms with Gasteiger partial charge < -0.3 is 4.57 Å². The Hall–Kier alpha value is -3.36. The standard InChI is InChI=1S/C23H15BrN6S/c24-14-10-11-19-16(12-14)21-22(26-18-9-5-4-8-17(18)25-21)29(19)13-20-27-28-23(31)30(20)15-6-2-1-3-7-15/h1-12H,13H2,(H,28,31). The third-order valence-electron chi connectivity index (χ3n) is 5.37. The van der Waals surface area contributed by atoms with E-state index >= 15 is 0 Å². The lowest BCUT2D eigenvalue weighted by atomic mass is 10.2. The molecule has 0 radical (unpaired) electrons. The summed E-state index contributed by atoms with van der Waals surface area (Å²) in [7, 11) is 0. The number of H-pyrrole nitrogens is 1. The van der Waals surface area contributed by atoms with E-state index in [0.29, 0.717) is 11.3 Å². The third-order valence-corrected chi connectivity index (χ3v) is 6.14. The molecule has 0 spiro atoms. The number of para-hydroxylation sites is 3. The van der Waals surface area contributed by atoms with E-state index < -0.39 is 0 Å². The van der Waals surface area contributed by atoms with Crippen molar-refractivity contribution in [2.75, 3.05) is 0 Å². The highest BCUT2D eigenvalue weighted by Crippen LogP contribution is 2.31. The molecule has 8 heteroatoms. The number of aromatic nitrogens is 6. The van der Waals surface area contributed by atoms with Gasteiger partial charge in [0.05, 0.1) is 23.1 Å². The third kappa shape index (κ3) is 2.98. The first-order valence-corrected chi connectivity index (χ1v) is 10.9. The van der Waals surface area contributed by atoms with Crippen LogP contribution in [0.4, 0.5) is 0 Å². The molecule has 0 aliphatic heterocycles. The number of hydrogen-bond donors (Lipinski definition) is 1. The number of aromatic amines is 1. The molecule has 6 nitrogen and oxygen atoms in total. The van der Waals surface area contributed by atoms with Crippen molar-refractivity contribution in [3.8, 4) is 5.69 Å². The molecule has 1 N–H and O–H groups in total. The topological polar surface area (TPSA) is 64.3 Å². The highest BCUT2D eigenvalue weighted by atomic mass is 79.9. The molecule has 0 fully saturated rings. The van der Waals surface area contributed by atoms with E-state index in [1.165, 1.54) is 0 Å². The zero-order valence-electron chi connectivity index (χ0n) is 16.2. The van der Waals surface area contributed by atoms with Crippen molar-refractivity contribution < 1.29 is 0 Å². The minimum absolute atomic E-state index is 0.497. The molecule has 0 atom stereocenters. The molecule has 150 valence electrons. The lowest BCUT2D eigenvalue weighted by molar-refractivity contribution is 0.760. The van der Waals surface area contributed by atoms with Crippen molar-refractivity contribution in [2.45, 2.75) is 6.54 Å². The predicted octanol–water partition coefficient (Wildman–Crippen LogP) is 5.79. The predicted molar refractivity (Wildman–Crippen MR) is 128 cm³/mol. The van der Waals surface area contributed by atoms with Crippen molar-refractivity contribution in [1.82, 2.24) is 29.3 Å². The van der Waals surface area contributed by atoms with E-state index in [4.69, 9.17) is 22.2 Å². The molecule has 6 aromatic rings. The molecular formula is C23H15BrN6S. The Morgan fingerprint density at radius 1 is 0.903 bits per heavy atom. The van der Waals surface area contributed by atoms with Crippen LogP contribution in [0.5, 0.6) is 0 Å². The van der Waals surface area contributed by atoms with E-state index in [-0.39, 0.29) is 0 Å². The van der Waals surface area contributed by atoms with Crippen LogP contribution in [0.1, 0.15) is 5.82 Å². The largest absolute Gasteiger partial charge is 0.316 e. The number of benzene rings is 3. The lowest BCUT2D eigenvalue weighted by Crippen LogP contribution is -2.08. The Morgan fingerprint density at radius 2 is 1.65 bits per heavy atom. The van der Waals surface area contributed by atoms with Gasteiger partial charge in [0.25, 0.3) is 0 Å². The quantitative estimate of drug-likeness (QED) is 0.321. The zero-order chi connectivity index (χ0) is 20.9. The van der Waals surface area contributed by atoms with Gasteiger partial charge in [-0.3, -0.25) is 9.67 Å². The highest BCUT2D eigenvalue weighted by Gasteiger charge is 2.18. The van der Waals surface area contributed by atoms with Gasteiger partial charge in [-0.05, 0) is 54.7 Å². The van der Waals surface area contributed by atoms with Crippen LogP contribution >= 0.6 is 28.1 Å². The minimum Gasteiger partial charge on any atom is -0.316 e.